The lowest BCUT2D eigenvalue weighted by molar-refractivity contribution is -0.135. The van der Waals surface area contributed by atoms with Crippen molar-refractivity contribution in [3.05, 3.63) is 35.9 Å². The summed E-state index contributed by atoms with van der Waals surface area (Å²) in [6, 6.07) is 9.03. The Morgan fingerprint density at radius 3 is 2.38 bits per heavy atom. The summed E-state index contributed by atoms with van der Waals surface area (Å²) in [5.74, 6) is -1.63. The number of nitrogens with zero attached hydrogens (tertiary/aromatic N) is 1. The maximum absolute atomic E-state index is 11.9. The highest BCUT2D eigenvalue weighted by Crippen LogP contribution is 2.02. The number of amides is 3. The molecule has 0 atom stereocenters. The van der Waals surface area contributed by atoms with Gasteiger partial charge in [0.05, 0.1) is 0 Å². The Morgan fingerprint density at radius 1 is 1.14 bits per heavy atom. The van der Waals surface area contributed by atoms with Gasteiger partial charge in [-0.15, -0.1) is 0 Å². The first-order chi connectivity index (χ1) is 9.99. The number of carbonyl (C=O) groups is 3. The predicted octanol–water partition coefficient (Wildman–Crippen LogP) is 0.201. The molecule has 1 aromatic rings. The van der Waals surface area contributed by atoms with Gasteiger partial charge >= 0.3 is 12.0 Å². The lowest BCUT2D eigenvalue weighted by Crippen LogP contribution is -2.44. The fraction of sp³-hybridized carbons (Fsp3) is 0.357. The molecule has 0 heterocycles. The van der Waals surface area contributed by atoms with Crippen LogP contribution in [0.2, 0.25) is 0 Å². The zero-order valence-corrected chi connectivity index (χ0v) is 11.6. The molecule has 0 aliphatic carbocycles. The van der Waals surface area contributed by atoms with Gasteiger partial charge in [-0.3, -0.25) is 9.59 Å². The molecule has 0 aliphatic heterocycles. The van der Waals surface area contributed by atoms with Gasteiger partial charge in [-0.25, -0.2) is 4.79 Å². The van der Waals surface area contributed by atoms with E-state index in [9.17, 15) is 14.4 Å². The zero-order chi connectivity index (χ0) is 15.7. The Morgan fingerprint density at radius 2 is 1.81 bits per heavy atom. The molecule has 3 amide bonds. The number of hydrogen-bond acceptors (Lipinski definition) is 3. The van der Waals surface area contributed by atoms with Crippen molar-refractivity contribution in [2.45, 2.75) is 12.8 Å². The number of carboxylic acid groups (broad SMARTS) is 1. The fourth-order valence-electron chi connectivity index (χ4n) is 1.73. The monoisotopic (exact) mass is 293 g/mol. The molecular formula is C14H19N3O4. The molecule has 0 saturated heterocycles. The van der Waals surface area contributed by atoms with Gasteiger partial charge < -0.3 is 21.1 Å². The SMILES string of the molecule is NC(=O)CCN(CCc1ccccc1)C(=O)NCC(=O)O. The Hall–Kier alpha value is -2.57. The van der Waals surface area contributed by atoms with Crippen molar-refractivity contribution in [2.24, 2.45) is 5.73 Å². The Bertz CT molecular complexity index is 490. The van der Waals surface area contributed by atoms with Crippen LogP contribution in [0.5, 0.6) is 0 Å². The second-order valence-corrected chi connectivity index (χ2v) is 4.49. The molecule has 7 nitrogen and oxygen atoms in total. The van der Waals surface area contributed by atoms with E-state index in [-0.39, 0.29) is 13.0 Å². The summed E-state index contributed by atoms with van der Waals surface area (Å²) < 4.78 is 0. The minimum absolute atomic E-state index is 0.0370. The van der Waals surface area contributed by atoms with E-state index in [1.165, 1.54) is 4.90 Å². The van der Waals surface area contributed by atoms with E-state index in [1.54, 1.807) is 0 Å². The van der Waals surface area contributed by atoms with E-state index >= 15 is 0 Å². The summed E-state index contributed by atoms with van der Waals surface area (Å²) in [7, 11) is 0. The minimum Gasteiger partial charge on any atom is -0.480 e. The lowest BCUT2D eigenvalue weighted by atomic mass is 10.1. The average molecular weight is 293 g/mol. The second kappa shape index (κ2) is 8.57. The smallest absolute Gasteiger partial charge is 0.323 e. The number of urea groups is 1. The van der Waals surface area contributed by atoms with Crippen LogP contribution in [0, 0.1) is 0 Å². The molecule has 7 heteroatoms. The molecule has 21 heavy (non-hydrogen) atoms. The van der Waals surface area contributed by atoms with Gasteiger partial charge in [0.15, 0.2) is 0 Å². The van der Waals surface area contributed by atoms with Crippen LogP contribution >= 0.6 is 0 Å². The number of primary amides is 1. The van der Waals surface area contributed by atoms with Gasteiger partial charge in [0, 0.05) is 19.5 Å². The van der Waals surface area contributed by atoms with Crippen molar-refractivity contribution < 1.29 is 19.5 Å². The third-order valence-corrected chi connectivity index (χ3v) is 2.82. The largest absolute Gasteiger partial charge is 0.480 e. The minimum atomic E-state index is -1.12. The molecule has 0 spiro atoms. The molecule has 1 rings (SSSR count). The number of aliphatic carboxylic acids is 1. The van der Waals surface area contributed by atoms with Gasteiger partial charge in [-0.05, 0) is 12.0 Å². The maximum Gasteiger partial charge on any atom is 0.323 e. The number of carboxylic acids is 1. The highest BCUT2D eigenvalue weighted by atomic mass is 16.4. The molecule has 0 fully saturated rings. The molecular weight excluding hydrogens is 274 g/mol. The topological polar surface area (TPSA) is 113 Å². The van der Waals surface area contributed by atoms with Crippen LogP contribution in [0.25, 0.3) is 0 Å². The van der Waals surface area contributed by atoms with Gasteiger partial charge in [-0.2, -0.15) is 0 Å². The van der Waals surface area contributed by atoms with Crippen molar-refractivity contribution in [2.75, 3.05) is 19.6 Å². The van der Waals surface area contributed by atoms with E-state index in [0.29, 0.717) is 13.0 Å². The molecule has 0 saturated carbocycles. The van der Waals surface area contributed by atoms with E-state index in [0.717, 1.165) is 5.56 Å². The van der Waals surface area contributed by atoms with Crippen LogP contribution in [0.15, 0.2) is 30.3 Å². The first kappa shape index (κ1) is 16.5. The van der Waals surface area contributed by atoms with Gasteiger partial charge in [-0.1, -0.05) is 30.3 Å². The van der Waals surface area contributed by atoms with Crippen LogP contribution in [-0.2, 0) is 16.0 Å². The van der Waals surface area contributed by atoms with E-state index in [4.69, 9.17) is 10.8 Å². The van der Waals surface area contributed by atoms with Gasteiger partial charge in [0.1, 0.15) is 6.54 Å². The fourth-order valence-corrected chi connectivity index (χ4v) is 1.73. The standard InChI is InChI=1S/C14H19N3O4/c15-12(18)7-9-17(14(21)16-10-13(19)20)8-6-11-4-2-1-3-5-11/h1-5H,6-10H2,(H2,15,18)(H,16,21)(H,19,20). The first-order valence-electron chi connectivity index (χ1n) is 6.56. The van der Waals surface area contributed by atoms with E-state index in [1.807, 2.05) is 30.3 Å². The van der Waals surface area contributed by atoms with E-state index < -0.39 is 24.5 Å². The summed E-state index contributed by atoms with van der Waals surface area (Å²) in [4.78, 5) is 34.6. The Labute approximate surface area is 122 Å². The van der Waals surface area contributed by atoms with Crippen molar-refractivity contribution in [1.29, 1.82) is 0 Å². The summed E-state index contributed by atoms with van der Waals surface area (Å²) in [5.41, 5.74) is 6.13. The lowest BCUT2D eigenvalue weighted by Gasteiger charge is -2.22. The molecule has 0 aromatic heterocycles. The molecule has 0 bridgehead atoms. The third-order valence-electron chi connectivity index (χ3n) is 2.82. The molecule has 4 N–H and O–H groups in total. The highest BCUT2D eigenvalue weighted by Gasteiger charge is 2.14. The van der Waals surface area contributed by atoms with Gasteiger partial charge in [0.25, 0.3) is 0 Å². The number of hydrogen-bond donors (Lipinski definition) is 3. The summed E-state index contributed by atoms with van der Waals surface area (Å²) in [6.45, 7) is 0.0770. The van der Waals surface area contributed by atoms with Crippen molar-refractivity contribution >= 4 is 17.9 Å². The molecule has 114 valence electrons. The number of rotatable bonds is 8. The quantitative estimate of drug-likeness (QED) is 0.635. The zero-order valence-electron chi connectivity index (χ0n) is 11.6. The molecule has 0 unspecified atom stereocenters. The predicted molar refractivity (Wildman–Crippen MR) is 76.6 cm³/mol. The number of benzene rings is 1. The third kappa shape index (κ3) is 6.95. The second-order valence-electron chi connectivity index (χ2n) is 4.49. The van der Waals surface area contributed by atoms with Crippen LogP contribution in [0.1, 0.15) is 12.0 Å². The van der Waals surface area contributed by atoms with Crippen LogP contribution < -0.4 is 11.1 Å². The van der Waals surface area contributed by atoms with Crippen molar-refractivity contribution in [1.82, 2.24) is 10.2 Å². The summed E-state index contributed by atoms with van der Waals surface area (Å²) >= 11 is 0. The van der Waals surface area contributed by atoms with Crippen molar-refractivity contribution in [3.63, 3.8) is 0 Å². The van der Waals surface area contributed by atoms with Crippen molar-refractivity contribution in [3.8, 4) is 0 Å². The summed E-state index contributed by atoms with van der Waals surface area (Å²) in [6.07, 6.45) is 0.648. The Balaban J connectivity index is 2.56. The first-order valence-corrected chi connectivity index (χ1v) is 6.56. The molecule has 1 aromatic carbocycles. The van der Waals surface area contributed by atoms with Crippen LogP contribution in [-0.4, -0.2) is 47.5 Å². The molecule has 0 radical (unpaired) electrons. The van der Waals surface area contributed by atoms with Crippen LogP contribution in [0.4, 0.5) is 4.79 Å². The number of carbonyl (C=O) groups excluding carboxylic acids is 2. The molecule has 0 aliphatic rings. The number of nitrogens with one attached hydrogen (secondary N) is 1. The summed E-state index contributed by atoms with van der Waals surface area (Å²) in [5, 5.41) is 10.8. The van der Waals surface area contributed by atoms with Gasteiger partial charge in [0.2, 0.25) is 5.91 Å². The highest BCUT2D eigenvalue weighted by molar-refractivity contribution is 5.80. The van der Waals surface area contributed by atoms with E-state index in [2.05, 4.69) is 5.32 Å². The normalized spacial score (nSPS) is 9.90. The number of nitrogens with two attached hydrogens (primary N) is 1. The van der Waals surface area contributed by atoms with Crippen LogP contribution in [0.3, 0.4) is 0 Å². The Kier molecular flexibility index (Phi) is 6.73. The maximum atomic E-state index is 11.9. The average Bonchev–Trinajstić information content (AvgIpc) is 2.45.